The van der Waals surface area contributed by atoms with Gasteiger partial charge >= 0.3 is 0 Å². The summed E-state index contributed by atoms with van der Waals surface area (Å²) in [5, 5.41) is 1.68. The largest absolute Gasteiger partial charge is 0.398 e. The summed E-state index contributed by atoms with van der Waals surface area (Å²) in [5.41, 5.74) is 6.12. The predicted octanol–water partition coefficient (Wildman–Crippen LogP) is 2.28. The van der Waals surface area contributed by atoms with Crippen molar-refractivity contribution >= 4 is 27.0 Å². The summed E-state index contributed by atoms with van der Waals surface area (Å²) in [6, 6.07) is 1.78. The number of thiophene rings is 1. The van der Waals surface area contributed by atoms with Gasteiger partial charge in [-0.1, -0.05) is 6.92 Å². The number of rotatable bonds is 3. The summed E-state index contributed by atoms with van der Waals surface area (Å²) in [7, 11) is -3.36. The standard InChI is InChI=1S/C11H18N2O2S2/c1-3-10-5-4-8(2)13(10)17(14,15)11-6-9(12)7-16-11/h6-8,10H,3-5,12H2,1-2H3. The molecule has 2 rings (SSSR count). The van der Waals surface area contributed by atoms with Crippen LogP contribution >= 0.6 is 11.3 Å². The van der Waals surface area contributed by atoms with Crippen molar-refractivity contribution in [1.82, 2.24) is 4.31 Å². The van der Waals surface area contributed by atoms with E-state index < -0.39 is 10.0 Å². The Morgan fingerprint density at radius 2 is 2.24 bits per heavy atom. The first-order valence-electron chi connectivity index (χ1n) is 5.84. The second kappa shape index (κ2) is 4.59. The molecular weight excluding hydrogens is 256 g/mol. The second-order valence-electron chi connectivity index (χ2n) is 4.52. The van der Waals surface area contributed by atoms with Crippen LogP contribution in [0.25, 0.3) is 0 Å². The molecule has 96 valence electrons. The quantitative estimate of drug-likeness (QED) is 0.919. The summed E-state index contributed by atoms with van der Waals surface area (Å²) in [6.07, 6.45) is 2.76. The number of hydrogen-bond donors (Lipinski definition) is 1. The first kappa shape index (κ1) is 12.9. The monoisotopic (exact) mass is 274 g/mol. The van der Waals surface area contributed by atoms with Crippen molar-refractivity contribution in [3.63, 3.8) is 0 Å². The summed E-state index contributed by atoms with van der Waals surface area (Å²) in [6.45, 7) is 4.01. The van der Waals surface area contributed by atoms with Crippen molar-refractivity contribution in [2.24, 2.45) is 0 Å². The molecule has 0 saturated carbocycles. The third-order valence-electron chi connectivity index (χ3n) is 3.31. The molecule has 2 N–H and O–H groups in total. The minimum Gasteiger partial charge on any atom is -0.398 e. The van der Waals surface area contributed by atoms with Gasteiger partial charge in [0.05, 0.1) is 0 Å². The molecule has 1 saturated heterocycles. The Labute approximate surface area is 106 Å². The molecule has 0 bridgehead atoms. The van der Waals surface area contributed by atoms with Crippen LogP contribution in [0.2, 0.25) is 0 Å². The predicted molar refractivity (Wildman–Crippen MR) is 70.5 cm³/mol. The maximum atomic E-state index is 12.5. The van der Waals surface area contributed by atoms with Crippen LogP contribution in [0.4, 0.5) is 5.69 Å². The van der Waals surface area contributed by atoms with Gasteiger partial charge in [0.15, 0.2) is 0 Å². The average molecular weight is 274 g/mol. The molecular formula is C11H18N2O2S2. The Kier molecular flexibility index (Phi) is 3.47. The van der Waals surface area contributed by atoms with E-state index in [9.17, 15) is 8.42 Å². The molecule has 0 aliphatic carbocycles. The van der Waals surface area contributed by atoms with Gasteiger partial charge in [-0.3, -0.25) is 0 Å². The summed E-state index contributed by atoms with van der Waals surface area (Å²) in [4.78, 5) is 0. The molecule has 2 heterocycles. The van der Waals surface area contributed by atoms with Crippen LogP contribution in [0.15, 0.2) is 15.7 Å². The molecule has 0 spiro atoms. The lowest BCUT2D eigenvalue weighted by atomic mass is 10.2. The smallest absolute Gasteiger partial charge is 0.253 e. The lowest BCUT2D eigenvalue weighted by Crippen LogP contribution is -2.39. The third-order valence-corrected chi connectivity index (χ3v) is 6.81. The second-order valence-corrected chi connectivity index (χ2v) is 7.50. The van der Waals surface area contributed by atoms with Gasteiger partial charge in [-0.25, -0.2) is 8.42 Å². The van der Waals surface area contributed by atoms with Gasteiger partial charge in [0.25, 0.3) is 10.0 Å². The molecule has 2 unspecified atom stereocenters. The molecule has 1 aromatic heterocycles. The van der Waals surface area contributed by atoms with E-state index in [1.165, 1.54) is 11.3 Å². The molecule has 1 fully saturated rings. The van der Waals surface area contributed by atoms with E-state index in [2.05, 4.69) is 0 Å². The van der Waals surface area contributed by atoms with Crippen molar-refractivity contribution in [2.75, 3.05) is 5.73 Å². The fourth-order valence-electron chi connectivity index (χ4n) is 2.43. The van der Waals surface area contributed by atoms with E-state index in [0.717, 1.165) is 19.3 Å². The number of nitrogens with zero attached hydrogens (tertiary/aromatic N) is 1. The number of nitrogens with two attached hydrogens (primary N) is 1. The van der Waals surface area contributed by atoms with E-state index in [1.54, 1.807) is 15.8 Å². The molecule has 0 aromatic carbocycles. The van der Waals surface area contributed by atoms with Crippen LogP contribution in [0.5, 0.6) is 0 Å². The van der Waals surface area contributed by atoms with Gasteiger partial charge in [0.2, 0.25) is 0 Å². The van der Waals surface area contributed by atoms with E-state index in [4.69, 9.17) is 5.73 Å². The summed E-state index contributed by atoms with van der Waals surface area (Å²) in [5.74, 6) is 0. The molecule has 1 aliphatic rings. The minimum absolute atomic E-state index is 0.0910. The molecule has 17 heavy (non-hydrogen) atoms. The van der Waals surface area contributed by atoms with Crippen LogP contribution in [-0.2, 0) is 10.0 Å². The van der Waals surface area contributed by atoms with E-state index in [0.29, 0.717) is 9.90 Å². The van der Waals surface area contributed by atoms with E-state index >= 15 is 0 Å². The summed E-state index contributed by atoms with van der Waals surface area (Å²) >= 11 is 1.20. The van der Waals surface area contributed by atoms with E-state index in [-0.39, 0.29) is 12.1 Å². The Hall–Kier alpha value is -0.590. The van der Waals surface area contributed by atoms with Gasteiger partial charge in [0, 0.05) is 23.2 Å². The normalized spacial score (nSPS) is 26.5. The zero-order valence-corrected chi connectivity index (χ0v) is 11.7. The molecule has 4 nitrogen and oxygen atoms in total. The topological polar surface area (TPSA) is 63.4 Å². The zero-order chi connectivity index (χ0) is 12.6. The van der Waals surface area contributed by atoms with Crippen molar-refractivity contribution < 1.29 is 8.42 Å². The first-order valence-corrected chi connectivity index (χ1v) is 8.16. The van der Waals surface area contributed by atoms with Crippen LogP contribution < -0.4 is 5.73 Å². The van der Waals surface area contributed by atoms with Crippen molar-refractivity contribution in [3.8, 4) is 0 Å². The highest BCUT2D eigenvalue weighted by Gasteiger charge is 2.39. The summed E-state index contributed by atoms with van der Waals surface area (Å²) < 4.78 is 27.0. The molecule has 6 heteroatoms. The van der Waals surface area contributed by atoms with Crippen LogP contribution in [0.3, 0.4) is 0 Å². The van der Waals surface area contributed by atoms with Gasteiger partial charge in [-0.2, -0.15) is 4.31 Å². The fourth-order valence-corrected chi connectivity index (χ4v) is 5.57. The Bertz CT molecular complexity index is 495. The van der Waals surface area contributed by atoms with Crippen molar-refractivity contribution in [2.45, 2.75) is 49.4 Å². The molecule has 2 atom stereocenters. The highest BCUT2D eigenvalue weighted by atomic mass is 32.2. The number of nitrogen functional groups attached to an aromatic ring is 1. The van der Waals surface area contributed by atoms with Crippen molar-refractivity contribution in [3.05, 3.63) is 11.4 Å². The maximum absolute atomic E-state index is 12.5. The Morgan fingerprint density at radius 1 is 1.53 bits per heavy atom. The van der Waals surface area contributed by atoms with Crippen LogP contribution in [0.1, 0.15) is 33.1 Å². The number of sulfonamides is 1. The molecule has 0 radical (unpaired) electrons. The highest BCUT2D eigenvalue weighted by molar-refractivity contribution is 7.91. The fraction of sp³-hybridized carbons (Fsp3) is 0.636. The van der Waals surface area contributed by atoms with Gasteiger partial charge in [-0.05, 0) is 32.3 Å². The van der Waals surface area contributed by atoms with E-state index in [1.807, 2.05) is 13.8 Å². The molecule has 0 amide bonds. The van der Waals surface area contributed by atoms with Crippen molar-refractivity contribution in [1.29, 1.82) is 0 Å². The third kappa shape index (κ3) is 2.21. The molecule has 1 aliphatic heterocycles. The Balaban J connectivity index is 2.38. The average Bonchev–Trinajstić information content (AvgIpc) is 2.84. The lowest BCUT2D eigenvalue weighted by Gasteiger charge is -2.26. The zero-order valence-electron chi connectivity index (χ0n) is 10.1. The van der Waals surface area contributed by atoms with Gasteiger partial charge in [-0.15, -0.1) is 11.3 Å². The van der Waals surface area contributed by atoms with Crippen LogP contribution in [-0.4, -0.2) is 24.8 Å². The number of anilines is 1. The van der Waals surface area contributed by atoms with Gasteiger partial charge < -0.3 is 5.73 Å². The number of hydrogen-bond acceptors (Lipinski definition) is 4. The van der Waals surface area contributed by atoms with Gasteiger partial charge in [0.1, 0.15) is 4.21 Å². The minimum atomic E-state index is -3.36. The SMILES string of the molecule is CCC1CCC(C)N1S(=O)(=O)c1cc(N)cs1. The Morgan fingerprint density at radius 3 is 2.76 bits per heavy atom. The maximum Gasteiger partial charge on any atom is 0.253 e. The molecule has 1 aromatic rings. The highest BCUT2D eigenvalue weighted by Crippen LogP contribution is 2.34. The van der Waals surface area contributed by atoms with Crippen LogP contribution in [0, 0.1) is 0 Å². The lowest BCUT2D eigenvalue weighted by molar-refractivity contribution is 0.329. The first-order chi connectivity index (χ1) is 7.96.